The lowest BCUT2D eigenvalue weighted by molar-refractivity contribution is 0.551. The maximum absolute atomic E-state index is 6.25. The Morgan fingerprint density at radius 3 is 2.40 bits per heavy atom. The van der Waals surface area contributed by atoms with Crippen LogP contribution in [0.5, 0.6) is 0 Å². The monoisotopic (exact) mass is 367 g/mol. The molecule has 2 aromatic rings. The molecule has 6 heteroatoms. The Balaban J connectivity index is 2.25. The second-order valence-corrected chi connectivity index (χ2v) is 7.44. The first-order valence-corrected chi connectivity index (χ1v) is 8.46. The molecule has 0 saturated carbocycles. The van der Waals surface area contributed by atoms with Crippen molar-refractivity contribution in [2.45, 2.75) is 19.4 Å². The Kier molecular flexibility index (Phi) is 6.03. The molecule has 1 nitrogen and oxygen atoms in total. The van der Waals surface area contributed by atoms with Gasteiger partial charge in [-0.05, 0) is 36.7 Å². The van der Waals surface area contributed by atoms with Gasteiger partial charge < -0.3 is 5.32 Å². The number of thiophene rings is 1. The molecule has 1 aromatic carbocycles. The van der Waals surface area contributed by atoms with Crippen molar-refractivity contribution in [2.24, 2.45) is 0 Å². The summed E-state index contributed by atoms with van der Waals surface area (Å²) >= 11 is 25.7. The van der Waals surface area contributed by atoms with Crippen LogP contribution in [0, 0.1) is 0 Å². The minimum Gasteiger partial charge on any atom is -0.310 e. The Morgan fingerprint density at radius 1 is 1.10 bits per heavy atom. The van der Waals surface area contributed by atoms with E-state index in [-0.39, 0.29) is 6.04 Å². The summed E-state index contributed by atoms with van der Waals surface area (Å²) in [7, 11) is 0. The Hall–Kier alpha value is 0.0400. The average molecular weight is 369 g/mol. The van der Waals surface area contributed by atoms with Crippen molar-refractivity contribution < 1.29 is 0 Å². The van der Waals surface area contributed by atoms with Crippen molar-refractivity contribution in [2.75, 3.05) is 6.54 Å². The summed E-state index contributed by atoms with van der Waals surface area (Å²) in [5.74, 6) is 0. The van der Waals surface area contributed by atoms with Crippen LogP contribution in [0.25, 0.3) is 0 Å². The van der Waals surface area contributed by atoms with Gasteiger partial charge >= 0.3 is 0 Å². The summed E-state index contributed by atoms with van der Waals surface area (Å²) < 4.78 is 1.42. The third-order valence-corrected chi connectivity index (χ3v) is 5.19. The third kappa shape index (κ3) is 4.03. The molecule has 20 heavy (non-hydrogen) atoms. The van der Waals surface area contributed by atoms with E-state index in [0.29, 0.717) is 14.4 Å². The molecular formula is C14H13Cl4NS. The second kappa shape index (κ2) is 7.35. The van der Waals surface area contributed by atoms with Gasteiger partial charge in [0.15, 0.2) is 0 Å². The Bertz CT molecular complexity index is 597. The highest BCUT2D eigenvalue weighted by Gasteiger charge is 2.17. The molecule has 1 N–H and O–H groups in total. The molecule has 0 fully saturated rings. The number of halogens is 4. The first-order chi connectivity index (χ1) is 9.51. The molecule has 2 rings (SSSR count). The summed E-state index contributed by atoms with van der Waals surface area (Å²) in [6.45, 7) is 2.90. The van der Waals surface area contributed by atoms with Crippen LogP contribution < -0.4 is 5.32 Å². The minimum absolute atomic E-state index is 0.105. The number of rotatable bonds is 5. The summed E-state index contributed by atoms with van der Waals surface area (Å²) in [5.41, 5.74) is 2.12. The van der Waals surface area contributed by atoms with Crippen LogP contribution in [-0.4, -0.2) is 6.54 Å². The molecule has 1 atom stereocenters. The van der Waals surface area contributed by atoms with Crippen LogP contribution in [0.15, 0.2) is 24.3 Å². The fourth-order valence-electron chi connectivity index (χ4n) is 2.03. The zero-order chi connectivity index (χ0) is 14.7. The maximum Gasteiger partial charge on any atom is 0.0992 e. The minimum atomic E-state index is 0.105. The molecule has 1 aromatic heterocycles. The molecule has 0 aliphatic heterocycles. The molecule has 0 spiro atoms. The van der Waals surface area contributed by atoms with E-state index in [1.807, 2.05) is 24.3 Å². The Morgan fingerprint density at radius 2 is 1.85 bits per heavy atom. The van der Waals surface area contributed by atoms with E-state index in [2.05, 4.69) is 12.2 Å². The van der Waals surface area contributed by atoms with Crippen molar-refractivity contribution in [3.63, 3.8) is 0 Å². The van der Waals surface area contributed by atoms with E-state index < -0.39 is 0 Å². The largest absolute Gasteiger partial charge is 0.310 e. The van der Waals surface area contributed by atoms with Gasteiger partial charge in [-0.3, -0.25) is 0 Å². The lowest BCUT2D eigenvalue weighted by atomic mass is 10.0. The smallest absolute Gasteiger partial charge is 0.0992 e. The number of hydrogen-bond donors (Lipinski definition) is 1. The summed E-state index contributed by atoms with van der Waals surface area (Å²) in [4.78, 5) is 0. The molecule has 1 unspecified atom stereocenters. The van der Waals surface area contributed by atoms with Crippen molar-refractivity contribution in [1.82, 2.24) is 5.32 Å². The van der Waals surface area contributed by atoms with Crippen LogP contribution in [0.4, 0.5) is 0 Å². The number of benzene rings is 1. The maximum atomic E-state index is 6.25. The molecule has 0 radical (unpaired) electrons. The highest BCUT2D eigenvalue weighted by Crippen LogP contribution is 2.36. The fraction of sp³-hybridized carbons (Fsp3) is 0.286. The topological polar surface area (TPSA) is 12.0 Å². The van der Waals surface area contributed by atoms with E-state index in [0.717, 1.165) is 28.4 Å². The van der Waals surface area contributed by atoms with Gasteiger partial charge in [-0.2, -0.15) is 0 Å². The van der Waals surface area contributed by atoms with Gasteiger partial charge in [-0.25, -0.2) is 0 Å². The average Bonchev–Trinajstić information content (AvgIpc) is 2.72. The molecule has 0 amide bonds. The quantitative estimate of drug-likeness (QED) is 0.657. The van der Waals surface area contributed by atoms with E-state index in [1.54, 1.807) is 0 Å². The zero-order valence-corrected chi connectivity index (χ0v) is 14.6. The normalized spacial score (nSPS) is 12.7. The second-order valence-electron chi connectivity index (χ2n) is 4.34. The van der Waals surface area contributed by atoms with E-state index in [4.69, 9.17) is 46.4 Å². The van der Waals surface area contributed by atoms with Crippen LogP contribution in [-0.2, 0) is 6.42 Å². The lowest BCUT2D eigenvalue weighted by Crippen LogP contribution is -2.22. The number of nitrogens with one attached hydrogen (secondary N) is 1. The van der Waals surface area contributed by atoms with E-state index >= 15 is 0 Å². The van der Waals surface area contributed by atoms with Gasteiger partial charge in [0.25, 0.3) is 0 Å². The number of likely N-dealkylation sites (N-methyl/N-ethyl adjacent to an activating group) is 1. The number of hydrogen-bond acceptors (Lipinski definition) is 2. The standard InChI is InChI=1S/C14H13Cl4NS/c1-2-19-12(9-7-13(17)20-14(9)18)6-8-3-4-10(15)11(16)5-8/h3-5,7,12,19H,2,6H2,1H3. The van der Waals surface area contributed by atoms with Gasteiger partial charge in [0.1, 0.15) is 0 Å². The predicted octanol–water partition coefficient (Wildman–Crippen LogP) is 6.26. The lowest BCUT2D eigenvalue weighted by Gasteiger charge is -2.18. The van der Waals surface area contributed by atoms with Crippen LogP contribution in [0.3, 0.4) is 0 Å². The van der Waals surface area contributed by atoms with Crippen molar-refractivity contribution >= 4 is 57.7 Å². The van der Waals surface area contributed by atoms with Gasteiger partial charge in [0, 0.05) is 11.6 Å². The SMILES string of the molecule is CCNC(Cc1ccc(Cl)c(Cl)c1)c1cc(Cl)sc1Cl. The van der Waals surface area contributed by atoms with Gasteiger partial charge in [-0.15, -0.1) is 11.3 Å². The summed E-state index contributed by atoms with van der Waals surface area (Å²) in [6.07, 6.45) is 0.775. The van der Waals surface area contributed by atoms with Gasteiger partial charge in [0.2, 0.25) is 0 Å². The molecular weight excluding hydrogens is 356 g/mol. The van der Waals surface area contributed by atoms with Gasteiger partial charge in [-0.1, -0.05) is 59.4 Å². The molecule has 0 aliphatic rings. The van der Waals surface area contributed by atoms with Crippen molar-refractivity contribution in [3.8, 4) is 0 Å². The first kappa shape index (κ1) is 16.4. The van der Waals surface area contributed by atoms with Crippen LogP contribution >= 0.6 is 57.7 Å². The van der Waals surface area contributed by atoms with E-state index in [1.165, 1.54) is 11.3 Å². The third-order valence-electron chi connectivity index (χ3n) is 2.93. The summed E-state index contributed by atoms with van der Waals surface area (Å²) in [6, 6.07) is 7.69. The Labute approximate surface area is 142 Å². The highest BCUT2D eigenvalue weighted by atomic mass is 35.5. The van der Waals surface area contributed by atoms with Crippen molar-refractivity contribution in [1.29, 1.82) is 0 Å². The molecule has 1 heterocycles. The van der Waals surface area contributed by atoms with Crippen LogP contribution in [0.2, 0.25) is 18.7 Å². The predicted molar refractivity (Wildman–Crippen MR) is 90.9 cm³/mol. The molecule has 0 saturated heterocycles. The molecule has 0 bridgehead atoms. The molecule has 0 aliphatic carbocycles. The van der Waals surface area contributed by atoms with Crippen LogP contribution in [0.1, 0.15) is 24.1 Å². The fourth-order valence-corrected chi connectivity index (χ4v) is 3.93. The first-order valence-electron chi connectivity index (χ1n) is 6.13. The zero-order valence-electron chi connectivity index (χ0n) is 10.7. The summed E-state index contributed by atoms with van der Waals surface area (Å²) in [5, 5.41) is 4.55. The van der Waals surface area contributed by atoms with Gasteiger partial charge in [0.05, 0.1) is 18.7 Å². The van der Waals surface area contributed by atoms with Crippen molar-refractivity contribution in [3.05, 3.63) is 54.1 Å². The van der Waals surface area contributed by atoms with E-state index in [9.17, 15) is 0 Å². The molecule has 108 valence electrons. The highest BCUT2D eigenvalue weighted by molar-refractivity contribution is 7.20.